The molecule has 3 aromatic carbocycles. The molecule has 142 valence electrons. The third-order valence-electron chi connectivity index (χ3n) is 4.53. The third kappa shape index (κ3) is 7.41. The summed E-state index contributed by atoms with van der Waals surface area (Å²) in [7, 11) is 0. The van der Waals surface area contributed by atoms with Crippen LogP contribution in [0.3, 0.4) is 0 Å². The van der Waals surface area contributed by atoms with Crippen molar-refractivity contribution in [2.75, 3.05) is 0 Å². The Morgan fingerprint density at radius 3 is 1.56 bits per heavy atom. The van der Waals surface area contributed by atoms with Gasteiger partial charge in [-0.2, -0.15) is 5.92 Å². The van der Waals surface area contributed by atoms with Crippen LogP contribution in [0.5, 0.6) is 0 Å². The van der Waals surface area contributed by atoms with Crippen LogP contribution in [-0.2, 0) is 19.5 Å². The predicted octanol–water partition coefficient (Wildman–Crippen LogP) is 7.51. The van der Waals surface area contributed by atoms with Crippen LogP contribution < -0.4 is 0 Å². The van der Waals surface area contributed by atoms with E-state index in [4.69, 9.17) is 5.73 Å². The largest absolute Gasteiger partial charge is 2.00 e. The van der Waals surface area contributed by atoms with Crippen molar-refractivity contribution in [3.63, 3.8) is 0 Å². The molecule has 0 saturated heterocycles. The van der Waals surface area contributed by atoms with E-state index < -0.39 is 0 Å². The Morgan fingerprint density at radius 1 is 0.667 bits per heavy atom. The van der Waals surface area contributed by atoms with Crippen LogP contribution in [0.25, 0.3) is 5.73 Å². The van der Waals surface area contributed by atoms with Gasteiger partial charge in [-0.25, -0.2) is 0 Å². The van der Waals surface area contributed by atoms with Crippen molar-refractivity contribution in [2.24, 2.45) is 0 Å². The SMILES string of the molecule is Cc1ccc(C(C)C)cc1.[CH2-][C@@H](c1ccccc1)[C@@H]([NH-])c1ccccc1.[Ru+2]. The quantitative estimate of drug-likeness (QED) is 0.294. The van der Waals surface area contributed by atoms with E-state index in [0.29, 0.717) is 5.92 Å². The minimum Gasteiger partial charge on any atom is -0.672 e. The van der Waals surface area contributed by atoms with E-state index in [1.165, 1.54) is 11.1 Å². The van der Waals surface area contributed by atoms with Gasteiger partial charge in [0.2, 0.25) is 0 Å². The first-order valence-electron chi connectivity index (χ1n) is 9.19. The molecule has 2 atom stereocenters. The van der Waals surface area contributed by atoms with Crippen LogP contribution in [-0.4, -0.2) is 0 Å². The third-order valence-corrected chi connectivity index (χ3v) is 4.53. The fourth-order valence-corrected chi connectivity index (χ4v) is 2.74. The Labute approximate surface area is 177 Å². The molecule has 0 spiro atoms. The van der Waals surface area contributed by atoms with Crippen molar-refractivity contribution in [1.82, 2.24) is 0 Å². The van der Waals surface area contributed by atoms with E-state index in [-0.39, 0.29) is 31.4 Å². The number of hydrogen-bond acceptors (Lipinski definition) is 0. The first-order valence-corrected chi connectivity index (χ1v) is 9.19. The molecule has 27 heavy (non-hydrogen) atoms. The van der Waals surface area contributed by atoms with E-state index >= 15 is 0 Å². The zero-order chi connectivity index (χ0) is 18.9. The molecule has 1 N–H and O–H groups in total. The summed E-state index contributed by atoms with van der Waals surface area (Å²) in [5.41, 5.74) is 13.1. The molecule has 0 aliphatic heterocycles. The van der Waals surface area contributed by atoms with Crippen LogP contribution in [0, 0.1) is 13.8 Å². The summed E-state index contributed by atoms with van der Waals surface area (Å²) in [5, 5.41) is 0. The molecule has 0 unspecified atom stereocenters. The molecular weight excluding hydrogens is 415 g/mol. The molecule has 3 rings (SSSR count). The average molecular weight is 445 g/mol. The number of rotatable bonds is 4. The van der Waals surface area contributed by atoms with Crippen molar-refractivity contribution in [1.29, 1.82) is 0 Å². The predicted molar refractivity (Wildman–Crippen MR) is 113 cm³/mol. The second kappa shape index (κ2) is 11.9. The summed E-state index contributed by atoms with van der Waals surface area (Å²) in [6.45, 7) is 10.6. The Hall–Kier alpha value is -1.76. The first kappa shape index (κ1) is 23.3. The van der Waals surface area contributed by atoms with Gasteiger partial charge < -0.3 is 12.7 Å². The summed E-state index contributed by atoms with van der Waals surface area (Å²) in [4.78, 5) is 0. The summed E-state index contributed by atoms with van der Waals surface area (Å²) in [6.07, 6.45) is 0. The van der Waals surface area contributed by atoms with Gasteiger partial charge in [-0.3, -0.25) is 0 Å². The number of benzene rings is 3. The van der Waals surface area contributed by atoms with Gasteiger partial charge in [0.1, 0.15) is 0 Å². The normalized spacial score (nSPS) is 12.4. The first-order chi connectivity index (χ1) is 12.5. The molecule has 0 aliphatic rings. The molecular formula is C25H29NRu. The van der Waals surface area contributed by atoms with E-state index in [0.717, 1.165) is 11.1 Å². The van der Waals surface area contributed by atoms with Crippen molar-refractivity contribution in [3.8, 4) is 0 Å². The Morgan fingerprint density at radius 2 is 1.11 bits per heavy atom. The maximum absolute atomic E-state index is 8.19. The maximum Gasteiger partial charge on any atom is 2.00 e. The summed E-state index contributed by atoms with van der Waals surface area (Å²) in [6, 6.07) is 28.3. The van der Waals surface area contributed by atoms with E-state index in [9.17, 15) is 0 Å². The molecule has 0 fully saturated rings. The van der Waals surface area contributed by atoms with E-state index in [1.54, 1.807) is 0 Å². The maximum atomic E-state index is 8.19. The molecule has 2 heteroatoms. The smallest absolute Gasteiger partial charge is 0.672 e. The van der Waals surface area contributed by atoms with Gasteiger partial charge in [-0.15, -0.1) is 6.04 Å². The summed E-state index contributed by atoms with van der Waals surface area (Å²) >= 11 is 0. The summed E-state index contributed by atoms with van der Waals surface area (Å²) < 4.78 is 0. The van der Waals surface area contributed by atoms with Gasteiger partial charge in [0.15, 0.2) is 0 Å². The van der Waals surface area contributed by atoms with Gasteiger partial charge >= 0.3 is 19.5 Å². The molecule has 0 radical (unpaired) electrons. The van der Waals surface area contributed by atoms with Crippen LogP contribution in [0.2, 0.25) is 0 Å². The van der Waals surface area contributed by atoms with Gasteiger partial charge in [0, 0.05) is 0 Å². The van der Waals surface area contributed by atoms with Gasteiger partial charge in [0.25, 0.3) is 0 Å². The van der Waals surface area contributed by atoms with Crippen molar-refractivity contribution >= 4 is 0 Å². The minimum atomic E-state index is -0.302. The van der Waals surface area contributed by atoms with Gasteiger partial charge in [0.05, 0.1) is 0 Å². The fraction of sp³-hybridized carbons (Fsp3) is 0.240. The number of hydrogen-bond donors (Lipinski definition) is 0. The summed E-state index contributed by atoms with van der Waals surface area (Å²) in [5.74, 6) is 0.629. The average Bonchev–Trinajstić information content (AvgIpc) is 2.69. The zero-order valence-electron chi connectivity index (χ0n) is 16.4. The van der Waals surface area contributed by atoms with Crippen molar-refractivity contribution < 1.29 is 19.5 Å². The zero-order valence-corrected chi connectivity index (χ0v) is 18.1. The molecule has 0 aliphatic carbocycles. The molecule has 0 bridgehead atoms. The van der Waals surface area contributed by atoms with Gasteiger partial charge in [-0.05, 0) is 18.4 Å². The molecule has 0 aromatic heterocycles. The standard InChI is InChI=1S/C15H15N.C10H14.Ru/c1-12(13-8-4-2-5-9-13)15(16)14-10-6-3-7-11-14;1-8(2)10-6-4-9(3)5-7-10;/h2-12,15-16H,1H2;4-8H,1-3H3;/q-2;;+2/t12-,15+;;/m0../s1. The Bertz CT molecular complexity index is 708. The number of aryl methyl sites for hydroxylation is 1. The molecule has 0 amide bonds. The van der Waals surface area contributed by atoms with Crippen LogP contribution in [0.4, 0.5) is 0 Å². The fourth-order valence-electron chi connectivity index (χ4n) is 2.74. The number of nitrogens with one attached hydrogen (secondary N) is 1. The van der Waals surface area contributed by atoms with Crippen LogP contribution in [0.1, 0.15) is 54.0 Å². The van der Waals surface area contributed by atoms with Crippen molar-refractivity contribution in [3.05, 3.63) is 120 Å². The topological polar surface area (TPSA) is 23.8 Å². The van der Waals surface area contributed by atoms with Crippen molar-refractivity contribution in [2.45, 2.75) is 38.6 Å². The van der Waals surface area contributed by atoms with E-state index in [2.05, 4.69) is 52.0 Å². The molecule has 0 heterocycles. The monoisotopic (exact) mass is 445 g/mol. The van der Waals surface area contributed by atoms with Crippen LogP contribution in [0.15, 0.2) is 84.9 Å². The second-order valence-electron chi connectivity index (χ2n) is 6.97. The van der Waals surface area contributed by atoms with E-state index in [1.807, 2.05) is 60.7 Å². The molecule has 3 aromatic rings. The second-order valence-corrected chi connectivity index (χ2v) is 6.97. The Kier molecular flexibility index (Phi) is 10.2. The Balaban J connectivity index is 0.000000288. The molecule has 1 nitrogen and oxygen atoms in total. The molecule has 0 saturated carbocycles. The minimum absolute atomic E-state index is 0. The van der Waals surface area contributed by atoms with Gasteiger partial charge in [-0.1, -0.05) is 115 Å². The van der Waals surface area contributed by atoms with Crippen LogP contribution >= 0.6 is 0 Å².